The van der Waals surface area contributed by atoms with E-state index < -0.39 is 0 Å². The highest BCUT2D eigenvalue weighted by atomic mass is 16.2. The average molecular weight is 176 g/mol. The average Bonchev–Trinajstić information content (AvgIpc) is 2.59. The number of aromatic nitrogens is 2. The molecule has 2 rings (SSSR count). The van der Waals surface area contributed by atoms with E-state index >= 15 is 0 Å². The van der Waals surface area contributed by atoms with E-state index in [2.05, 4.69) is 15.4 Å². The van der Waals surface area contributed by atoms with Gasteiger partial charge in [0.2, 0.25) is 0 Å². The van der Waals surface area contributed by atoms with Crippen LogP contribution in [-0.4, -0.2) is 15.9 Å². The molecule has 1 amide bonds. The van der Waals surface area contributed by atoms with E-state index in [1.807, 2.05) is 0 Å². The van der Waals surface area contributed by atoms with E-state index in [1.54, 1.807) is 24.5 Å². The molecule has 4 N–H and O–H groups in total. The predicted molar refractivity (Wildman–Crippen MR) is 47.7 cm³/mol. The number of nitrogens with one attached hydrogen (secondary N) is 2. The molecule has 0 bridgehead atoms. The van der Waals surface area contributed by atoms with Gasteiger partial charge in [0.25, 0.3) is 5.91 Å². The number of rotatable bonds is 1. The van der Waals surface area contributed by atoms with Crippen LogP contribution in [0.2, 0.25) is 0 Å². The molecule has 2 heterocycles. The number of nitrogen functional groups attached to an aromatic ring is 1. The first-order chi connectivity index (χ1) is 6.31. The minimum absolute atomic E-state index is 0.337. The minimum Gasteiger partial charge on any atom is -0.350 e. The zero-order valence-electron chi connectivity index (χ0n) is 6.74. The van der Waals surface area contributed by atoms with Crippen molar-refractivity contribution in [1.29, 1.82) is 0 Å². The third kappa shape index (κ3) is 1.25. The summed E-state index contributed by atoms with van der Waals surface area (Å²) in [7, 11) is 0. The van der Waals surface area contributed by atoms with Gasteiger partial charge in [-0.15, -0.1) is 0 Å². The number of amides is 1. The summed E-state index contributed by atoms with van der Waals surface area (Å²) in [6.07, 6.45) is 3.34. The fraction of sp³-hybridized carbons (Fsp3) is 0. The molecule has 0 aliphatic heterocycles. The van der Waals surface area contributed by atoms with Gasteiger partial charge in [-0.1, -0.05) is 0 Å². The summed E-state index contributed by atoms with van der Waals surface area (Å²) in [6, 6.07) is 3.49. The van der Waals surface area contributed by atoms with Gasteiger partial charge in [0, 0.05) is 23.3 Å². The molecule has 0 aliphatic carbocycles. The summed E-state index contributed by atoms with van der Waals surface area (Å²) >= 11 is 0. The maximum Gasteiger partial charge on any atom is 0.281 e. The van der Waals surface area contributed by atoms with E-state index in [4.69, 9.17) is 5.84 Å². The lowest BCUT2D eigenvalue weighted by Gasteiger charge is -1.92. The number of aromatic amines is 1. The van der Waals surface area contributed by atoms with Crippen molar-refractivity contribution in [2.45, 2.75) is 0 Å². The third-order valence-corrected chi connectivity index (χ3v) is 1.80. The highest BCUT2D eigenvalue weighted by Gasteiger charge is 2.06. The molecule has 5 nitrogen and oxygen atoms in total. The Morgan fingerprint density at radius 1 is 1.62 bits per heavy atom. The number of hydrogen-bond donors (Lipinski definition) is 3. The van der Waals surface area contributed by atoms with Gasteiger partial charge in [0.1, 0.15) is 5.69 Å². The second kappa shape index (κ2) is 2.87. The second-order valence-corrected chi connectivity index (χ2v) is 2.62. The van der Waals surface area contributed by atoms with Gasteiger partial charge >= 0.3 is 0 Å². The van der Waals surface area contributed by atoms with Crippen molar-refractivity contribution in [3.05, 3.63) is 30.2 Å². The number of hydrazine groups is 1. The summed E-state index contributed by atoms with van der Waals surface area (Å²) in [5.41, 5.74) is 3.36. The summed E-state index contributed by atoms with van der Waals surface area (Å²) in [4.78, 5) is 17.9. The molecule has 13 heavy (non-hydrogen) atoms. The third-order valence-electron chi connectivity index (χ3n) is 1.80. The largest absolute Gasteiger partial charge is 0.350 e. The summed E-state index contributed by atoms with van der Waals surface area (Å²) < 4.78 is 0. The standard InChI is InChI=1S/C8H8N4O/c9-12-8(13)7-3-5-4-10-2-1-6(5)11-7/h1-4,11H,9H2,(H,12,13). The fourth-order valence-electron chi connectivity index (χ4n) is 1.17. The van der Waals surface area contributed by atoms with Crippen LogP contribution in [-0.2, 0) is 0 Å². The first-order valence-electron chi connectivity index (χ1n) is 3.75. The maximum absolute atomic E-state index is 11.1. The van der Waals surface area contributed by atoms with Gasteiger partial charge in [0.05, 0.1) is 0 Å². The Bertz CT molecular complexity index is 415. The number of fused-ring (bicyclic) bond motifs is 1. The van der Waals surface area contributed by atoms with Crippen molar-refractivity contribution < 1.29 is 4.79 Å². The Labute approximate surface area is 73.9 Å². The van der Waals surface area contributed by atoms with Gasteiger partial charge in [-0.3, -0.25) is 15.2 Å². The molecule has 0 atom stereocenters. The molecule has 0 saturated carbocycles. The van der Waals surface area contributed by atoms with Crippen LogP contribution >= 0.6 is 0 Å². The summed E-state index contributed by atoms with van der Waals surface area (Å²) in [5.74, 6) is 4.65. The molecular weight excluding hydrogens is 168 g/mol. The number of nitrogens with zero attached hydrogens (tertiary/aromatic N) is 1. The fourth-order valence-corrected chi connectivity index (χ4v) is 1.17. The van der Waals surface area contributed by atoms with Gasteiger partial charge in [-0.05, 0) is 12.1 Å². The first kappa shape index (κ1) is 7.75. The summed E-state index contributed by atoms with van der Waals surface area (Å²) in [6.45, 7) is 0. The van der Waals surface area contributed by atoms with Crippen LogP contribution in [0.15, 0.2) is 24.5 Å². The van der Waals surface area contributed by atoms with E-state index in [-0.39, 0.29) is 5.91 Å². The molecule has 5 heteroatoms. The van der Waals surface area contributed by atoms with Crippen molar-refractivity contribution >= 4 is 16.8 Å². The lowest BCUT2D eigenvalue weighted by molar-refractivity contribution is 0.0949. The van der Waals surface area contributed by atoms with Crippen LogP contribution in [0, 0.1) is 0 Å². The Morgan fingerprint density at radius 3 is 3.15 bits per heavy atom. The van der Waals surface area contributed by atoms with E-state index in [0.717, 1.165) is 10.9 Å². The smallest absolute Gasteiger partial charge is 0.281 e. The van der Waals surface area contributed by atoms with Crippen LogP contribution < -0.4 is 11.3 Å². The van der Waals surface area contributed by atoms with E-state index in [9.17, 15) is 4.79 Å². The number of pyridine rings is 1. The van der Waals surface area contributed by atoms with E-state index in [0.29, 0.717) is 5.69 Å². The highest BCUT2D eigenvalue weighted by molar-refractivity contribution is 5.97. The molecule has 0 aromatic carbocycles. The molecule has 0 radical (unpaired) electrons. The van der Waals surface area contributed by atoms with Crippen molar-refractivity contribution in [2.24, 2.45) is 5.84 Å². The van der Waals surface area contributed by atoms with Gasteiger partial charge < -0.3 is 4.98 Å². The SMILES string of the molecule is NNC(=O)c1cc2cnccc2[nH]1. The number of carbonyl (C=O) groups is 1. The van der Waals surface area contributed by atoms with E-state index in [1.165, 1.54) is 0 Å². The van der Waals surface area contributed by atoms with Crippen molar-refractivity contribution in [3.8, 4) is 0 Å². The topological polar surface area (TPSA) is 83.8 Å². The second-order valence-electron chi connectivity index (χ2n) is 2.62. The lowest BCUT2D eigenvalue weighted by Crippen LogP contribution is -2.30. The zero-order chi connectivity index (χ0) is 9.26. The zero-order valence-corrected chi connectivity index (χ0v) is 6.74. The van der Waals surface area contributed by atoms with Gasteiger partial charge in [-0.2, -0.15) is 0 Å². The van der Waals surface area contributed by atoms with Crippen LogP contribution in [0.1, 0.15) is 10.5 Å². The van der Waals surface area contributed by atoms with Crippen LogP contribution in [0.5, 0.6) is 0 Å². The summed E-state index contributed by atoms with van der Waals surface area (Å²) in [5, 5.41) is 0.890. The Kier molecular flexibility index (Phi) is 1.71. The Balaban J connectivity index is 2.56. The number of hydrogen-bond acceptors (Lipinski definition) is 3. The van der Waals surface area contributed by atoms with Crippen molar-refractivity contribution in [2.75, 3.05) is 0 Å². The number of H-pyrrole nitrogens is 1. The van der Waals surface area contributed by atoms with Crippen LogP contribution in [0.3, 0.4) is 0 Å². The molecule has 2 aromatic rings. The molecule has 0 aliphatic rings. The van der Waals surface area contributed by atoms with Crippen molar-refractivity contribution in [3.63, 3.8) is 0 Å². The van der Waals surface area contributed by atoms with Crippen LogP contribution in [0.25, 0.3) is 10.9 Å². The molecule has 0 spiro atoms. The highest BCUT2D eigenvalue weighted by Crippen LogP contribution is 2.12. The van der Waals surface area contributed by atoms with Gasteiger partial charge in [0.15, 0.2) is 0 Å². The molecular formula is C8H8N4O. The molecule has 0 fully saturated rings. The number of carbonyl (C=O) groups excluding carboxylic acids is 1. The van der Waals surface area contributed by atoms with Crippen molar-refractivity contribution in [1.82, 2.24) is 15.4 Å². The Hall–Kier alpha value is -1.88. The predicted octanol–water partition coefficient (Wildman–Crippen LogP) is 0.166. The lowest BCUT2D eigenvalue weighted by atomic mass is 10.3. The minimum atomic E-state index is -0.337. The molecule has 2 aromatic heterocycles. The first-order valence-corrected chi connectivity index (χ1v) is 3.75. The van der Waals surface area contributed by atoms with Gasteiger partial charge in [-0.25, -0.2) is 5.84 Å². The monoisotopic (exact) mass is 176 g/mol. The van der Waals surface area contributed by atoms with Crippen LogP contribution in [0.4, 0.5) is 0 Å². The maximum atomic E-state index is 11.1. The quantitative estimate of drug-likeness (QED) is 0.329. The Morgan fingerprint density at radius 2 is 2.46 bits per heavy atom. The normalized spacial score (nSPS) is 10.2. The molecule has 0 unspecified atom stereocenters. The molecule has 0 saturated heterocycles. The number of nitrogens with two attached hydrogens (primary N) is 1. The molecule has 66 valence electrons.